The smallest absolute Gasteiger partial charge is 0.264 e. The van der Waals surface area contributed by atoms with Gasteiger partial charge in [-0.1, -0.05) is 47.0 Å². The van der Waals surface area contributed by atoms with Crippen molar-refractivity contribution in [1.82, 2.24) is 9.99 Å². The van der Waals surface area contributed by atoms with Crippen LogP contribution in [0.1, 0.15) is 28.1 Å². The van der Waals surface area contributed by atoms with Gasteiger partial charge in [0.25, 0.3) is 15.9 Å². The number of benzene rings is 3. The highest BCUT2D eigenvalue weighted by molar-refractivity contribution is 7.92. The highest BCUT2D eigenvalue weighted by Gasteiger charge is 2.27. The standard InChI is InChI=1S/C29H28Cl2N4O3S/c1-19-8-13-28(20(2)14-19)35-21(3)15-23(22(35)4)17-32-33-29(36)18-34(26-7-5-6-25(31)16-26)39(37,38)27-11-9-24(30)10-12-27/h5-17H,18H2,1-4H3,(H,33,36)/b32-17-. The maximum Gasteiger partial charge on any atom is 0.264 e. The molecule has 0 fully saturated rings. The van der Waals surface area contributed by atoms with Crippen molar-refractivity contribution >= 4 is 51.0 Å². The summed E-state index contributed by atoms with van der Waals surface area (Å²) >= 11 is 12.1. The lowest BCUT2D eigenvalue weighted by atomic mass is 10.1. The quantitative estimate of drug-likeness (QED) is 0.194. The van der Waals surface area contributed by atoms with Gasteiger partial charge in [-0.3, -0.25) is 9.10 Å². The molecule has 1 heterocycles. The Labute approximate surface area is 238 Å². The number of nitrogens with zero attached hydrogens (tertiary/aromatic N) is 3. The predicted octanol–water partition coefficient (Wildman–Crippen LogP) is 6.36. The summed E-state index contributed by atoms with van der Waals surface area (Å²) in [7, 11) is -4.11. The topological polar surface area (TPSA) is 83.8 Å². The molecular formula is C29H28Cl2N4O3S. The Hall–Kier alpha value is -3.59. The van der Waals surface area contributed by atoms with Crippen LogP contribution in [0.15, 0.2) is 82.8 Å². The molecule has 0 saturated carbocycles. The van der Waals surface area contributed by atoms with E-state index in [-0.39, 0.29) is 10.6 Å². The van der Waals surface area contributed by atoms with Crippen LogP contribution in [-0.2, 0) is 14.8 Å². The third-order valence-corrected chi connectivity index (χ3v) is 8.52. The average Bonchev–Trinajstić information content (AvgIpc) is 3.15. The van der Waals surface area contributed by atoms with Gasteiger partial charge in [-0.15, -0.1) is 0 Å². The molecule has 0 spiro atoms. The van der Waals surface area contributed by atoms with Gasteiger partial charge in [0, 0.05) is 32.7 Å². The first-order valence-electron chi connectivity index (χ1n) is 12.1. The molecule has 39 heavy (non-hydrogen) atoms. The van der Waals surface area contributed by atoms with Crippen molar-refractivity contribution in [1.29, 1.82) is 0 Å². The molecule has 0 unspecified atom stereocenters. The Balaban J connectivity index is 1.56. The molecule has 0 aliphatic rings. The van der Waals surface area contributed by atoms with Crippen LogP contribution in [0.5, 0.6) is 0 Å². The lowest BCUT2D eigenvalue weighted by Crippen LogP contribution is -2.39. The Morgan fingerprint density at radius 1 is 0.949 bits per heavy atom. The number of halogens is 2. The number of hydrogen-bond acceptors (Lipinski definition) is 4. The molecule has 3 aromatic carbocycles. The number of hydrazone groups is 1. The van der Waals surface area contributed by atoms with Gasteiger partial charge in [0.1, 0.15) is 6.54 Å². The number of carbonyl (C=O) groups excluding carboxylic acids is 1. The van der Waals surface area contributed by atoms with Gasteiger partial charge in [0.2, 0.25) is 0 Å². The summed E-state index contributed by atoms with van der Waals surface area (Å²) in [5.41, 5.74) is 8.92. The molecule has 0 atom stereocenters. The van der Waals surface area contributed by atoms with Crippen molar-refractivity contribution in [3.63, 3.8) is 0 Å². The molecular weight excluding hydrogens is 555 g/mol. The normalized spacial score (nSPS) is 11.6. The highest BCUT2D eigenvalue weighted by Crippen LogP contribution is 2.27. The maximum absolute atomic E-state index is 13.5. The van der Waals surface area contributed by atoms with E-state index in [0.29, 0.717) is 10.0 Å². The van der Waals surface area contributed by atoms with Crippen LogP contribution in [0.3, 0.4) is 0 Å². The van der Waals surface area contributed by atoms with E-state index in [4.69, 9.17) is 23.2 Å². The minimum absolute atomic E-state index is 0.0120. The minimum atomic E-state index is -4.11. The van der Waals surface area contributed by atoms with Crippen molar-refractivity contribution < 1.29 is 13.2 Å². The van der Waals surface area contributed by atoms with E-state index in [0.717, 1.165) is 32.5 Å². The van der Waals surface area contributed by atoms with E-state index in [9.17, 15) is 13.2 Å². The number of carbonyl (C=O) groups is 1. The van der Waals surface area contributed by atoms with E-state index in [1.54, 1.807) is 24.4 Å². The first kappa shape index (κ1) is 28.4. The van der Waals surface area contributed by atoms with Crippen molar-refractivity contribution in [2.45, 2.75) is 32.6 Å². The third kappa shape index (κ3) is 6.36. The molecule has 4 rings (SSSR count). The zero-order chi connectivity index (χ0) is 28.3. The molecule has 0 saturated heterocycles. The second-order valence-corrected chi connectivity index (χ2v) is 11.9. The van der Waals surface area contributed by atoms with Gasteiger partial charge in [0.05, 0.1) is 16.8 Å². The Bertz CT molecular complexity index is 1660. The number of nitrogens with one attached hydrogen (secondary N) is 1. The fourth-order valence-corrected chi connectivity index (χ4v) is 6.09. The van der Waals surface area contributed by atoms with Crippen LogP contribution in [-0.4, -0.2) is 31.7 Å². The third-order valence-electron chi connectivity index (χ3n) is 6.24. The van der Waals surface area contributed by atoms with E-state index < -0.39 is 22.5 Å². The first-order valence-corrected chi connectivity index (χ1v) is 14.3. The lowest BCUT2D eigenvalue weighted by molar-refractivity contribution is -0.119. The van der Waals surface area contributed by atoms with Crippen molar-refractivity contribution in [3.8, 4) is 5.69 Å². The van der Waals surface area contributed by atoms with Gasteiger partial charge in [0.15, 0.2) is 0 Å². The van der Waals surface area contributed by atoms with Crippen molar-refractivity contribution in [2.75, 3.05) is 10.8 Å². The summed E-state index contributed by atoms with van der Waals surface area (Å²) in [6, 6.07) is 20.3. The number of rotatable bonds is 8. The molecule has 0 bridgehead atoms. The molecule has 10 heteroatoms. The molecule has 0 aliphatic carbocycles. The Kier molecular flexibility index (Phi) is 8.49. The van der Waals surface area contributed by atoms with Gasteiger partial charge >= 0.3 is 0 Å². The minimum Gasteiger partial charge on any atom is -0.318 e. The summed E-state index contributed by atoms with van der Waals surface area (Å²) < 4.78 is 30.1. The molecule has 4 aromatic rings. The molecule has 202 valence electrons. The van der Waals surface area contributed by atoms with Crippen LogP contribution in [0, 0.1) is 27.7 Å². The summed E-state index contributed by atoms with van der Waals surface area (Å²) in [5.74, 6) is -0.619. The Morgan fingerprint density at radius 3 is 2.33 bits per heavy atom. The summed E-state index contributed by atoms with van der Waals surface area (Å²) in [6.07, 6.45) is 1.55. The number of aromatic nitrogens is 1. The number of sulfonamides is 1. The number of hydrogen-bond donors (Lipinski definition) is 1. The molecule has 7 nitrogen and oxygen atoms in total. The maximum atomic E-state index is 13.5. The zero-order valence-corrected chi connectivity index (χ0v) is 24.3. The van der Waals surface area contributed by atoms with E-state index >= 15 is 0 Å². The van der Waals surface area contributed by atoms with E-state index in [1.165, 1.54) is 35.9 Å². The fourth-order valence-electron chi connectivity index (χ4n) is 4.36. The van der Waals surface area contributed by atoms with Gasteiger partial charge < -0.3 is 4.57 Å². The Morgan fingerprint density at radius 2 is 1.67 bits per heavy atom. The van der Waals surface area contributed by atoms with Crippen LogP contribution in [0.2, 0.25) is 10.0 Å². The average molecular weight is 584 g/mol. The van der Waals surface area contributed by atoms with Crippen LogP contribution >= 0.6 is 23.2 Å². The predicted molar refractivity (Wildman–Crippen MR) is 158 cm³/mol. The largest absolute Gasteiger partial charge is 0.318 e. The van der Waals surface area contributed by atoms with Gasteiger partial charge in [-0.2, -0.15) is 5.10 Å². The molecule has 1 aromatic heterocycles. The summed E-state index contributed by atoms with van der Waals surface area (Å²) in [6.45, 7) is 7.60. The molecule has 0 aliphatic heterocycles. The number of aryl methyl sites for hydroxylation is 3. The van der Waals surface area contributed by atoms with E-state index in [2.05, 4.69) is 47.1 Å². The molecule has 0 radical (unpaired) electrons. The molecule has 1 N–H and O–H groups in total. The SMILES string of the molecule is Cc1ccc(-n2c(C)cc(/C=N\NC(=O)CN(c3cccc(Cl)c3)S(=O)(=O)c3ccc(Cl)cc3)c2C)c(C)c1. The van der Waals surface area contributed by atoms with Crippen LogP contribution < -0.4 is 9.73 Å². The number of anilines is 1. The summed E-state index contributed by atoms with van der Waals surface area (Å²) in [5, 5.41) is 4.85. The fraction of sp³-hybridized carbons (Fsp3) is 0.172. The van der Waals surface area contributed by atoms with Crippen LogP contribution in [0.4, 0.5) is 5.69 Å². The second-order valence-electron chi connectivity index (χ2n) is 9.19. The monoisotopic (exact) mass is 582 g/mol. The first-order chi connectivity index (χ1) is 18.5. The van der Waals surface area contributed by atoms with Crippen molar-refractivity contribution in [2.24, 2.45) is 5.10 Å². The highest BCUT2D eigenvalue weighted by atomic mass is 35.5. The van der Waals surface area contributed by atoms with E-state index in [1.807, 2.05) is 19.9 Å². The lowest BCUT2D eigenvalue weighted by Gasteiger charge is -2.23. The van der Waals surface area contributed by atoms with Gasteiger partial charge in [-0.25, -0.2) is 13.8 Å². The zero-order valence-electron chi connectivity index (χ0n) is 21.9. The van der Waals surface area contributed by atoms with Crippen LogP contribution in [0.25, 0.3) is 5.69 Å². The second kappa shape index (κ2) is 11.7. The van der Waals surface area contributed by atoms with Crippen molar-refractivity contribution in [3.05, 3.63) is 111 Å². The number of amides is 1. The molecule has 1 amide bonds. The summed E-state index contributed by atoms with van der Waals surface area (Å²) in [4.78, 5) is 12.9. The van der Waals surface area contributed by atoms with Gasteiger partial charge in [-0.05, 0) is 87.9 Å².